The Labute approximate surface area is 183 Å². The smallest absolute Gasteiger partial charge is 0.262 e. The van der Waals surface area contributed by atoms with E-state index >= 15 is 0 Å². The Morgan fingerprint density at radius 2 is 1.81 bits per heavy atom. The molecule has 0 heterocycles. The summed E-state index contributed by atoms with van der Waals surface area (Å²) >= 11 is 0. The minimum Gasteiger partial charge on any atom is -0.483 e. The first-order chi connectivity index (χ1) is 14.7. The molecule has 0 bridgehead atoms. The van der Waals surface area contributed by atoms with Gasteiger partial charge in [0.15, 0.2) is 12.4 Å². The minimum absolute atomic E-state index is 0.0137. The number of ketones is 1. The van der Waals surface area contributed by atoms with Crippen LogP contribution in [0.4, 0.5) is 5.69 Å². The van der Waals surface area contributed by atoms with Gasteiger partial charge in [0.2, 0.25) is 10.0 Å². The van der Waals surface area contributed by atoms with Gasteiger partial charge < -0.3 is 10.1 Å². The SMILES string of the molecule is CC(=O)c1cccc(NC(=O)COc2ccc(S(=O)(=O)NC3CCCCC3)cc2C)c1. The highest BCUT2D eigenvalue weighted by Crippen LogP contribution is 2.24. The number of rotatable bonds is 8. The molecule has 31 heavy (non-hydrogen) atoms. The summed E-state index contributed by atoms with van der Waals surface area (Å²) in [5.41, 5.74) is 1.64. The fourth-order valence-electron chi connectivity index (χ4n) is 3.62. The molecule has 1 saturated carbocycles. The number of hydrogen-bond acceptors (Lipinski definition) is 5. The highest BCUT2D eigenvalue weighted by atomic mass is 32.2. The third kappa shape index (κ3) is 6.38. The average Bonchev–Trinajstić information content (AvgIpc) is 2.73. The lowest BCUT2D eigenvalue weighted by molar-refractivity contribution is -0.118. The van der Waals surface area contributed by atoms with Gasteiger partial charge in [-0.1, -0.05) is 31.4 Å². The maximum Gasteiger partial charge on any atom is 0.262 e. The Morgan fingerprint density at radius 1 is 1.06 bits per heavy atom. The van der Waals surface area contributed by atoms with Gasteiger partial charge in [0, 0.05) is 17.3 Å². The van der Waals surface area contributed by atoms with Gasteiger partial charge in [0.05, 0.1) is 4.90 Å². The van der Waals surface area contributed by atoms with Crippen molar-refractivity contribution in [3.8, 4) is 5.75 Å². The second kappa shape index (κ2) is 10.1. The quantitative estimate of drug-likeness (QED) is 0.603. The molecule has 7 nitrogen and oxygen atoms in total. The summed E-state index contributed by atoms with van der Waals surface area (Å²) in [7, 11) is -3.59. The largest absolute Gasteiger partial charge is 0.483 e. The molecule has 2 aromatic carbocycles. The van der Waals surface area contributed by atoms with Crippen molar-refractivity contribution in [1.82, 2.24) is 4.72 Å². The first kappa shape index (κ1) is 23.0. The molecular formula is C23H28N2O5S. The van der Waals surface area contributed by atoms with Gasteiger partial charge in [-0.25, -0.2) is 13.1 Å². The lowest BCUT2D eigenvalue weighted by Gasteiger charge is -2.22. The van der Waals surface area contributed by atoms with Gasteiger partial charge in [-0.05, 0) is 62.6 Å². The number of Topliss-reactive ketones (excluding diaryl/α,β-unsaturated/α-hetero) is 1. The Kier molecular flexibility index (Phi) is 7.46. The van der Waals surface area contributed by atoms with Crippen LogP contribution in [0.3, 0.4) is 0 Å². The van der Waals surface area contributed by atoms with E-state index in [-0.39, 0.29) is 29.2 Å². The molecule has 1 fully saturated rings. The van der Waals surface area contributed by atoms with Crippen molar-refractivity contribution >= 4 is 27.4 Å². The van der Waals surface area contributed by atoms with Crippen molar-refractivity contribution < 1.29 is 22.7 Å². The van der Waals surface area contributed by atoms with Crippen molar-refractivity contribution in [2.75, 3.05) is 11.9 Å². The molecule has 0 saturated heterocycles. The van der Waals surface area contributed by atoms with Crippen LogP contribution >= 0.6 is 0 Å². The fraction of sp³-hybridized carbons (Fsp3) is 0.391. The van der Waals surface area contributed by atoms with E-state index in [1.165, 1.54) is 13.0 Å². The molecule has 1 aliphatic carbocycles. The van der Waals surface area contributed by atoms with Crippen LogP contribution in [-0.2, 0) is 14.8 Å². The standard InChI is InChI=1S/C23H28N2O5S/c1-16-13-21(31(28,29)25-19-8-4-3-5-9-19)11-12-22(16)30-15-23(27)24-20-10-6-7-18(14-20)17(2)26/h6-7,10-14,19,25H,3-5,8-9,15H2,1-2H3,(H,24,27). The molecule has 0 spiro atoms. The monoisotopic (exact) mass is 444 g/mol. The van der Waals surface area contributed by atoms with E-state index in [2.05, 4.69) is 10.0 Å². The fourth-order valence-corrected chi connectivity index (χ4v) is 5.00. The second-order valence-electron chi connectivity index (χ2n) is 7.86. The Morgan fingerprint density at radius 3 is 2.48 bits per heavy atom. The molecule has 166 valence electrons. The van der Waals surface area contributed by atoms with Crippen molar-refractivity contribution in [3.63, 3.8) is 0 Å². The molecule has 1 amide bonds. The van der Waals surface area contributed by atoms with Gasteiger partial charge >= 0.3 is 0 Å². The number of benzene rings is 2. The van der Waals surface area contributed by atoms with E-state index in [4.69, 9.17) is 4.74 Å². The zero-order chi connectivity index (χ0) is 22.4. The third-order valence-corrected chi connectivity index (χ3v) is 6.81. The van der Waals surface area contributed by atoms with E-state index in [0.29, 0.717) is 22.6 Å². The normalized spacial score (nSPS) is 14.8. The molecule has 0 atom stereocenters. The highest BCUT2D eigenvalue weighted by molar-refractivity contribution is 7.89. The summed E-state index contributed by atoms with van der Waals surface area (Å²) in [5, 5.41) is 2.69. The van der Waals surface area contributed by atoms with Gasteiger partial charge in [-0.2, -0.15) is 0 Å². The van der Waals surface area contributed by atoms with Crippen molar-refractivity contribution in [3.05, 3.63) is 53.6 Å². The minimum atomic E-state index is -3.59. The molecule has 0 radical (unpaired) electrons. The predicted molar refractivity (Wildman–Crippen MR) is 119 cm³/mol. The van der Waals surface area contributed by atoms with Gasteiger partial charge in [-0.3, -0.25) is 9.59 Å². The van der Waals surface area contributed by atoms with Crippen LogP contribution in [0.15, 0.2) is 47.4 Å². The lowest BCUT2D eigenvalue weighted by Crippen LogP contribution is -2.36. The van der Waals surface area contributed by atoms with Gasteiger partial charge in [0.25, 0.3) is 5.91 Å². The number of carbonyl (C=O) groups excluding carboxylic acids is 2. The van der Waals surface area contributed by atoms with Crippen LogP contribution in [-0.4, -0.2) is 32.8 Å². The first-order valence-corrected chi connectivity index (χ1v) is 11.9. The Balaban J connectivity index is 1.59. The highest BCUT2D eigenvalue weighted by Gasteiger charge is 2.22. The van der Waals surface area contributed by atoms with Crippen LogP contribution in [0.25, 0.3) is 0 Å². The molecule has 0 aliphatic heterocycles. The van der Waals surface area contributed by atoms with Crippen LogP contribution in [0.2, 0.25) is 0 Å². The Hall–Kier alpha value is -2.71. The topological polar surface area (TPSA) is 102 Å². The van der Waals surface area contributed by atoms with Crippen molar-refractivity contribution in [2.45, 2.75) is 56.9 Å². The summed E-state index contributed by atoms with van der Waals surface area (Å²) in [6, 6.07) is 11.2. The lowest BCUT2D eigenvalue weighted by atomic mass is 9.96. The molecular weight excluding hydrogens is 416 g/mol. The van der Waals surface area contributed by atoms with Gasteiger partial charge in [-0.15, -0.1) is 0 Å². The van der Waals surface area contributed by atoms with Crippen LogP contribution in [0.1, 0.15) is 54.9 Å². The molecule has 8 heteroatoms. The summed E-state index contributed by atoms with van der Waals surface area (Å²) in [6.45, 7) is 2.96. The van der Waals surface area contributed by atoms with Crippen LogP contribution < -0.4 is 14.8 Å². The van der Waals surface area contributed by atoms with Gasteiger partial charge in [0.1, 0.15) is 5.75 Å². The van der Waals surface area contributed by atoms with E-state index in [9.17, 15) is 18.0 Å². The zero-order valence-electron chi connectivity index (χ0n) is 17.8. The number of amides is 1. The Bertz CT molecular complexity index is 1060. The van der Waals surface area contributed by atoms with E-state index in [0.717, 1.165) is 32.1 Å². The second-order valence-corrected chi connectivity index (χ2v) is 9.57. The molecule has 0 unspecified atom stereocenters. The summed E-state index contributed by atoms with van der Waals surface area (Å²) < 4.78 is 33.7. The zero-order valence-corrected chi connectivity index (χ0v) is 18.6. The number of sulfonamides is 1. The maximum atomic E-state index is 12.7. The maximum absolute atomic E-state index is 12.7. The molecule has 3 rings (SSSR count). The number of ether oxygens (including phenoxy) is 1. The number of hydrogen-bond donors (Lipinski definition) is 2. The third-order valence-electron chi connectivity index (χ3n) is 5.30. The van der Waals surface area contributed by atoms with Crippen LogP contribution in [0.5, 0.6) is 5.75 Å². The predicted octanol–water partition coefficient (Wildman–Crippen LogP) is 3.83. The number of anilines is 1. The van der Waals surface area contributed by atoms with Crippen molar-refractivity contribution in [2.24, 2.45) is 0 Å². The summed E-state index contributed by atoms with van der Waals surface area (Å²) in [6.07, 6.45) is 4.97. The summed E-state index contributed by atoms with van der Waals surface area (Å²) in [4.78, 5) is 23.8. The average molecular weight is 445 g/mol. The van der Waals surface area contributed by atoms with E-state index in [1.807, 2.05) is 0 Å². The molecule has 0 aromatic heterocycles. The first-order valence-electron chi connectivity index (χ1n) is 10.4. The van der Waals surface area contributed by atoms with Crippen LogP contribution in [0, 0.1) is 6.92 Å². The number of nitrogens with one attached hydrogen (secondary N) is 2. The molecule has 1 aliphatic rings. The molecule has 2 aromatic rings. The molecule has 2 N–H and O–H groups in total. The number of aryl methyl sites for hydroxylation is 1. The van der Waals surface area contributed by atoms with Crippen molar-refractivity contribution in [1.29, 1.82) is 0 Å². The number of carbonyl (C=O) groups is 2. The van der Waals surface area contributed by atoms with E-state index in [1.54, 1.807) is 43.3 Å². The van der Waals surface area contributed by atoms with E-state index < -0.39 is 10.0 Å². The summed E-state index contributed by atoms with van der Waals surface area (Å²) in [5.74, 6) is -0.0315.